The lowest BCUT2D eigenvalue weighted by atomic mass is 9.79. The molecule has 0 saturated carbocycles. The highest BCUT2D eigenvalue weighted by atomic mass is 35.5. The van der Waals surface area contributed by atoms with Gasteiger partial charge < -0.3 is 5.11 Å². The highest BCUT2D eigenvalue weighted by Gasteiger charge is 2.33. The van der Waals surface area contributed by atoms with Gasteiger partial charge in [0.15, 0.2) is 0 Å². The Hall–Kier alpha value is -1.09. The van der Waals surface area contributed by atoms with Gasteiger partial charge in [-0.2, -0.15) is 0 Å². The molecular weight excluding hydrogens is 243 g/mol. The van der Waals surface area contributed by atoms with Crippen molar-refractivity contribution in [2.75, 3.05) is 0 Å². The summed E-state index contributed by atoms with van der Waals surface area (Å²) >= 11 is 5.91. The second-order valence-corrected chi connectivity index (χ2v) is 4.90. The molecule has 0 aliphatic heterocycles. The van der Waals surface area contributed by atoms with Gasteiger partial charge in [0, 0.05) is 10.6 Å². The van der Waals surface area contributed by atoms with Crippen LogP contribution in [0, 0.1) is 11.2 Å². The Morgan fingerprint density at radius 1 is 1.53 bits per heavy atom. The third-order valence-corrected chi connectivity index (χ3v) is 3.30. The summed E-state index contributed by atoms with van der Waals surface area (Å²) in [6.45, 7) is 3.53. The zero-order chi connectivity index (χ0) is 13.1. The Labute approximate surface area is 105 Å². The minimum atomic E-state index is -0.972. The Bertz CT molecular complexity index is 400. The summed E-state index contributed by atoms with van der Waals surface area (Å²) in [6.07, 6.45) is 1.34. The zero-order valence-electron chi connectivity index (χ0n) is 9.96. The second-order valence-electron chi connectivity index (χ2n) is 4.49. The van der Waals surface area contributed by atoms with E-state index in [1.807, 2.05) is 6.92 Å². The minimum Gasteiger partial charge on any atom is -0.481 e. The summed E-state index contributed by atoms with van der Waals surface area (Å²) in [4.78, 5) is 11.3. The number of carboxylic acids is 1. The lowest BCUT2D eigenvalue weighted by Gasteiger charge is -2.25. The molecule has 1 N–H and O–H groups in total. The molecule has 1 atom stereocenters. The average Bonchev–Trinajstić information content (AvgIpc) is 2.24. The Morgan fingerprint density at radius 2 is 2.18 bits per heavy atom. The summed E-state index contributed by atoms with van der Waals surface area (Å²) in [7, 11) is 0. The number of rotatable bonds is 5. The number of hydrogen-bond acceptors (Lipinski definition) is 1. The standard InChI is InChI=1S/C13H16ClFO2/c1-3-7-13(2,12(16)17)8-9-10(14)5-4-6-11(9)15/h4-6H,3,7-8H2,1-2H3,(H,16,17). The summed E-state index contributed by atoms with van der Waals surface area (Å²) in [6, 6.07) is 4.39. The van der Waals surface area contributed by atoms with Gasteiger partial charge in [0.05, 0.1) is 5.41 Å². The molecule has 0 aliphatic carbocycles. The molecule has 0 radical (unpaired) electrons. The van der Waals surface area contributed by atoms with Crippen LogP contribution in [-0.2, 0) is 11.2 Å². The summed E-state index contributed by atoms with van der Waals surface area (Å²) < 4.78 is 13.6. The van der Waals surface area contributed by atoms with Crippen LogP contribution in [0.4, 0.5) is 4.39 Å². The van der Waals surface area contributed by atoms with Crippen molar-refractivity contribution in [3.8, 4) is 0 Å². The van der Waals surface area contributed by atoms with Crippen LogP contribution in [0.3, 0.4) is 0 Å². The first-order valence-corrected chi connectivity index (χ1v) is 5.95. The van der Waals surface area contributed by atoms with Crippen LogP contribution in [0.15, 0.2) is 18.2 Å². The molecule has 17 heavy (non-hydrogen) atoms. The highest BCUT2D eigenvalue weighted by Crippen LogP contribution is 2.32. The van der Waals surface area contributed by atoms with Gasteiger partial charge in [-0.25, -0.2) is 4.39 Å². The Morgan fingerprint density at radius 3 is 2.65 bits per heavy atom. The molecule has 0 saturated heterocycles. The van der Waals surface area contributed by atoms with Crippen molar-refractivity contribution >= 4 is 17.6 Å². The van der Waals surface area contributed by atoms with Crippen molar-refractivity contribution < 1.29 is 14.3 Å². The maximum absolute atomic E-state index is 13.6. The SMILES string of the molecule is CCCC(C)(Cc1c(F)cccc1Cl)C(=O)O. The third-order valence-electron chi connectivity index (χ3n) is 2.95. The van der Waals surface area contributed by atoms with Gasteiger partial charge >= 0.3 is 5.97 Å². The predicted molar refractivity (Wildman–Crippen MR) is 65.8 cm³/mol. The van der Waals surface area contributed by atoms with E-state index in [0.717, 1.165) is 6.42 Å². The molecule has 4 heteroatoms. The lowest BCUT2D eigenvalue weighted by molar-refractivity contribution is -0.148. The number of hydrogen-bond donors (Lipinski definition) is 1. The first-order valence-electron chi connectivity index (χ1n) is 5.57. The van der Waals surface area contributed by atoms with Gasteiger partial charge in [0.25, 0.3) is 0 Å². The van der Waals surface area contributed by atoms with Crippen LogP contribution < -0.4 is 0 Å². The van der Waals surface area contributed by atoms with Crippen molar-refractivity contribution in [3.05, 3.63) is 34.6 Å². The molecule has 94 valence electrons. The van der Waals surface area contributed by atoms with Crippen LogP contribution in [0.2, 0.25) is 5.02 Å². The molecule has 1 unspecified atom stereocenters. The Kier molecular flexibility index (Phi) is 4.52. The van der Waals surface area contributed by atoms with Crippen LogP contribution in [-0.4, -0.2) is 11.1 Å². The van der Waals surface area contributed by atoms with E-state index >= 15 is 0 Å². The van der Waals surface area contributed by atoms with E-state index in [1.165, 1.54) is 12.1 Å². The molecule has 0 aliphatic rings. The van der Waals surface area contributed by atoms with Gasteiger partial charge in [0.2, 0.25) is 0 Å². The molecule has 0 heterocycles. The van der Waals surface area contributed by atoms with E-state index in [2.05, 4.69) is 0 Å². The molecule has 0 spiro atoms. The molecule has 0 fully saturated rings. The Balaban J connectivity index is 3.06. The quantitative estimate of drug-likeness (QED) is 0.869. The largest absolute Gasteiger partial charge is 0.481 e. The van der Waals surface area contributed by atoms with Crippen LogP contribution >= 0.6 is 11.6 Å². The number of carboxylic acid groups (broad SMARTS) is 1. The molecule has 1 rings (SSSR count). The maximum atomic E-state index is 13.6. The monoisotopic (exact) mass is 258 g/mol. The highest BCUT2D eigenvalue weighted by molar-refractivity contribution is 6.31. The number of halogens is 2. The van der Waals surface area contributed by atoms with Crippen molar-refractivity contribution in [1.29, 1.82) is 0 Å². The van der Waals surface area contributed by atoms with Crippen LogP contribution in [0.5, 0.6) is 0 Å². The summed E-state index contributed by atoms with van der Waals surface area (Å²) in [5.74, 6) is -1.36. The number of carbonyl (C=O) groups is 1. The smallest absolute Gasteiger partial charge is 0.309 e. The van der Waals surface area contributed by atoms with Gasteiger partial charge in [-0.3, -0.25) is 4.79 Å². The van der Waals surface area contributed by atoms with Gasteiger partial charge in [-0.15, -0.1) is 0 Å². The average molecular weight is 259 g/mol. The van der Waals surface area contributed by atoms with E-state index in [0.29, 0.717) is 6.42 Å². The van der Waals surface area contributed by atoms with Crippen molar-refractivity contribution in [1.82, 2.24) is 0 Å². The van der Waals surface area contributed by atoms with E-state index < -0.39 is 17.2 Å². The predicted octanol–water partition coefficient (Wildman–Crippen LogP) is 3.91. The maximum Gasteiger partial charge on any atom is 0.309 e. The third kappa shape index (κ3) is 3.19. The fourth-order valence-electron chi connectivity index (χ4n) is 1.91. The van der Waals surface area contributed by atoms with Gasteiger partial charge in [-0.1, -0.05) is 31.0 Å². The second kappa shape index (κ2) is 5.50. The van der Waals surface area contributed by atoms with Crippen molar-refractivity contribution in [2.45, 2.75) is 33.1 Å². The molecule has 0 amide bonds. The van der Waals surface area contributed by atoms with Crippen LogP contribution in [0.25, 0.3) is 0 Å². The van der Waals surface area contributed by atoms with Gasteiger partial charge in [-0.05, 0) is 31.9 Å². The molecule has 1 aromatic carbocycles. The molecule has 2 nitrogen and oxygen atoms in total. The summed E-state index contributed by atoms with van der Waals surface area (Å²) in [5.41, 5.74) is -0.687. The van der Waals surface area contributed by atoms with Crippen LogP contribution in [0.1, 0.15) is 32.3 Å². The topological polar surface area (TPSA) is 37.3 Å². The van der Waals surface area contributed by atoms with E-state index in [-0.39, 0.29) is 17.0 Å². The van der Waals surface area contributed by atoms with Crippen molar-refractivity contribution in [3.63, 3.8) is 0 Å². The van der Waals surface area contributed by atoms with Crippen molar-refractivity contribution in [2.24, 2.45) is 5.41 Å². The fraction of sp³-hybridized carbons (Fsp3) is 0.462. The van der Waals surface area contributed by atoms with E-state index in [4.69, 9.17) is 11.6 Å². The number of aliphatic carboxylic acids is 1. The van der Waals surface area contributed by atoms with E-state index in [9.17, 15) is 14.3 Å². The normalized spacial score (nSPS) is 14.4. The molecule has 0 aromatic heterocycles. The first-order chi connectivity index (χ1) is 7.90. The first kappa shape index (κ1) is 14.0. The summed E-state index contributed by atoms with van der Waals surface area (Å²) in [5, 5.41) is 9.53. The molecule has 1 aromatic rings. The number of benzene rings is 1. The minimum absolute atomic E-state index is 0.113. The lowest BCUT2D eigenvalue weighted by Crippen LogP contribution is -2.30. The fourth-order valence-corrected chi connectivity index (χ4v) is 2.14. The van der Waals surface area contributed by atoms with Gasteiger partial charge in [0.1, 0.15) is 5.82 Å². The molecular formula is C13H16ClFO2. The molecule has 0 bridgehead atoms. The van der Waals surface area contributed by atoms with E-state index in [1.54, 1.807) is 13.0 Å². The zero-order valence-corrected chi connectivity index (χ0v) is 10.7.